The third kappa shape index (κ3) is 5.71. The first-order chi connectivity index (χ1) is 9.66. The molecule has 120 valence electrons. The van der Waals surface area contributed by atoms with Crippen LogP contribution in [0.1, 0.15) is 6.42 Å². The van der Waals surface area contributed by atoms with Crippen LogP contribution in [-0.4, -0.2) is 54.6 Å². The Hall–Kier alpha value is -1.00. The molecule has 0 aliphatic carbocycles. The number of hydrogen-bond donors (Lipinski definition) is 2. The highest BCUT2D eigenvalue weighted by atomic mass is 32.2. The summed E-state index contributed by atoms with van der Waals surface area (Å²) in [7, 11) is -5.65. The summed E-state index contributed by atoms with van der Waals surface area (Å²) in [6.07, 6.45) is 0.519. The molecule has 0 saturated heterocycles. The second kappa shape index (κ2) is 7.32. The van der Waals surface area contributed by atoms with Crippen LogP contribution >= 0.6 is 0 Å². The van der Waals surface area contributed by atoms with Gasteiger partial charge in [0.25, 0.3) is 0 Å². The lowest BCUT2D eigenvalue weighted by atomic mass is 10.3. The Bertz CT molecular complexity index is 651. The maximum absolute atomic E-state index is 12.0. The van der Waals surface area contributed by atoms with Crippen LogP contribution in [0.3, 0.4) is 0 Å². The Kier molecular flexibility index (Phi) is 6.29. The van der Waals surface area contributed by atoms with E-state index in [2.05, 4.69) is 4.72 Å². The van der Waals surface area contributed by atoms with Gasteiger partial charge in [-0.3, -0.25) is 0 Å². The van der Waals surface area contributed by atoms with Gasteiger partial charge in [-0.2, -0.15) is 0 Å². The van der Waals surface area contributed by atoms with Gasteiger partial charge in [-0.1, -0.05) is 0 Å². The first kappa shape index (κ1) is 18.1. The van der Waals surface area contributed by atoms with Crippen LogP contribution in [0.15, 0.2) is 34.1 Å². The fourth-order valence-electron chi connectivity index (χ4n) is 1.58. The van der Waals surface area contributed by atoms with Crippen LogP contribution in [-0.2, 0) is 24.6 Å². The maximum atomic E-state index is 12.0. The van der Waals surface area contributed by atoms with E-state index in [0.29, 0.717) is 0 Å². The molecule has 0 amide bonds. The second-order valence-corrected chi connectivity index (χ2v) is 8.32. The summed E-state index contributed by atoms with van der Waals surface area (Å²) in [6.45, 7) is 0.186. The summed E-state index contributed by atoms with van der Waals surface area (Å²) in [5.41, 5.74) is 0. The van der Waals surface area contributed by atoms with Crippen molar-refractivity contribution in [2.75, 3.05) is 26.5 Å². The summed E-state index contributed by atoms with van der Waals surface area (Å²) in [6, 6.07) is 4.93. The molecule has 1 aromatic rings. The third-order valence-corrected chi connectivity index (χ3v) is 5.30. The summed E-state index contributed by atoms with van der Waals surface area (Å²) >= 11 is 0. The molecule has 9 heteroatoms. The molecule has 0 heterocycles. The Balaban J connectivity index is 2.71. The third-order valence-electron chi connectivity index (χ3n) is 2.69. The molecule has 0 bridgehead atoms. The Morgan fingerprint density at radius 1 is 1.14 bits per heavy atom. The molecule has 0 spiro atoms. The summed E-state index contributed by atoms with van der Waals surface area (Å²) in [5, 5.41) is 9.42. The predicted octanol–water partition coefficient (Wildman–Crippen LogP) is -0.234. The molecule has 0 fully saturated rings. The van der Waals surface area contributed by atoms with Crippen molar-refractivity contribution in [1.82, 2.24) is 4.72 Å². The number of nitrogens with one attached hydrogen (secondary N) is 1. The quantitative estimate of drug-likeness (QED) is 0.678. The fraction of sp³-hybridized carbons (Fsp3) is 0.500. The number of ether oxygens (including phenoxy) is 1. The molecule has 0 radical (unpaired) electrons. The highest BCUT2D eigenvalue weighted by molar-refractivity contribution is 7.90. The van der Waals surface area contributed by atoms with Crippen molar-refractivity contribution >= 4 is 19.9 Å². The van der Waals surface area contributed by atoms with Crippen LogP contribution in [0.4, 0.5) is 0 Å². The van der Waals surface area contributed by atoms with Gasteiger partial charge in [0, 0.05) is 19.9 Å². The lowest BCUT2D eigenvalue weighted by Gasteiger charge is -2.10. The molecule has 1 aromatic carbocycles. The van der Waals surface area contributed by atoms with Crippen molar-refractivity contribution in [3.8, 4) is 0 Å². The van der Waals surface area contributed by atoms with Gasteiger partial charge >= 0.3 is 0 Å². The molecule has 21 heavy (non-hydrogen) atoms. The van der Waals surface area contributed by atoms with E-state index in [0.717, 1.165) is 6.26 Å². The Morgan fingerprint density at radius 3 is 2.14 bits per heavy atom. The number of rotatable bonds is 8. The van der Waals surface area contributed by atoms with Crippen molar-refractivity contribution in [3.63, 3.8) is 0 Å². The number of methoxy groups -OCH3 is 1. The number of benzene rings is 1. The minimum Gasteiger partial charge on any atom is -0.391 e. The van der Waals surface area contributed by atoms with Crippen molar-refractivity contribution in [1.29, 1.82) is 0 Å². The first-order valence-corrected chi connectivity index (χ1v) is 9.51. The van der Waals surface area contributed by atoms with Gasteiger partial charge in [-0.25, -0.2) is 21.6 Å². The molecular formula is C12H19NO6S2. The molecule has 0 aliphatic heterocycles. The maximum Gasteiger partial charge on any atom is 0.240 e. The largest absolute Gasteiger partial charge is 0.391 e. The summed E-state index contributed by atoms with van der Waals surface area (Å²) < 4.78 is 53.6. The van der Waals surface area contributed by atoms with E-state index < -0.39 is 26.0 Å². The van der Waals surface area contributed by atoms with Crippen LogP contribution < -0.4 is 4.72 Å². The number of hydrogen-bond acceptors (Lipinski definition) is 6. The van der Waals surface area contributed by atoms with E-state index >= 15 is 0 Å². The van der Waals surface area contributed by atoms with Gasteiger partial charge in [0.15, 0.2) is 9.84 Å². The fourth-order valence-corrected chi connectivity index (χ4v) is 3.26. The van der Waals surface area contributed by atoms with E-state index in [1.807, 2.05) is 0 Å². The zero-order valence-electron chi connectivity index (χ0n) is 11.8. The lowest BCUT2D eigenvalue weighted by Crippen LogP contribution is -2.28. The minimum atomic E-state index is -3.73. The SMILES string of the molecule is COCC(O)CCNS(=O)(=O)c1ccc(S(C)(=O)=O)cc1. The van der Waals surface area contributed by atoms with E-state index in [9.17, 15) is 21.9 Å². The first-order valence-electron chi connectivity index (χ1n) is 6.13. The standard InChI is InChI=1S/C12H19NO6S2/c1-19-9-10(14)7-8-13-21(17,18)12-5-3-11(4-6-12)20(2,15)16/h3-6,10,13-14H,7-9H2,1-2H3. The summed E-state index contributed by atoms with van der Waals surface area (Å²) in [5.74, 6) is 0. The van der Waals surface area contributed by atoms with Crippen molar-refractivity contribution in [2.24, 2.45) is 0 Å². The van der Waals surface area contributed by atoms with E-state index in [-0.39, 0.29) is 29.4 Å². The number of aliphatic hydroxyl groups is 1. The highest BCUT2D eigenvalue weighted by Crippen LogP contribution is 2.14. The average molecular weight is 337 g/mol. The Labute approximate surface area is 124 Å². The Morgan fingerprint density at radius 2 is 1.67 bits per heavy atom. The summed E-state index contributed by atoms with van der Waals surface area (Å²) in [4.78, 5) is 0.0214. The zero-order valence-corrected chi connectivity index (χ0v) is 13.4. The van der Waals surface area contributed by atoms with Gasteiger partial charge < -0.3 is 9.84 Å². The van der Waals surface area contributed by atoms with Crippen molar-refractivity contribution in [3.05, 3.63) is 24.3 Å². The molecule has 1 rings (SSSR count). The van der Waals surface area contributed by atoms with E-state index in [1.54, 1.807) is 0 Å². The van der Waals surface area contributed by atoms with Gasteiger partial charge in [-0.15, -0.1) is 0 Å². The second-order valence-electron chi connectivity index (χ2n) is 4.54. The topological polar surface area (TPSA) is 110 Å². The monoisotopic (exact) mass is 337 g/mol. The average Bonchev–Trinajstić information content (AvgIpc) is 2.38. The normalized spacial score (nSPS) is 14.0. The van der Waals surface area contributed by atoms with Crippen LogP contribution in [0.25, 0.3) is 0 Å². The zero-order chi connectivity index (χ0) is 16.1. The van der Waals surface area contributed by atoms with Crippen LogP contribution in [0.5, 0.6) is 0 Å². The molecule has 7 nitrogen and oxygen atoms in total. The number of aliphatic hydroxyl groups excluding tert-OH is 1. The minimum absolute atomic E-state index is 0.0314. The molecule has 0 saturated carbocycles. The van der Waals surface area contributed by atoms with Crippen molar-refractivity contribution < 1.29 is 26.7 Å². The van der Waals surface area contributed by atoms with Crippen molar-refractivity contribution in [2.45, 2.75) is 22.3 Å². The number of sulfone groups is 1. The van der Waals surface area contributed by atoms with Gasteiger partial charge in [-0.05, 0) is 30.7 Å². The van der Waals surface area contributed by atoms with Gasteiger partial charge in [0.05, 0.1) is 22.5 Å². The molecular weight excluding hydrogens is 318 g/mol. The smallest absolute Gasteiger partial charge is 0.240 e. The van der Waals surface area contributed by atoms with E-state index in [4.69, 9.17) is 4.74 Å². The molecule has 1 atom stereocenters. The number of sulfonamides is 1. The predicted molar refractivity (Wildman–Crippen MR) is 77.2 cm³/mol. The molecule has 0 aliphatic rings. The van der Waals surface area contributed by atoms with Crippen LogP contribution in [0, 0.1) is 0 Å². The van der Waals surface area contributed by atoms with Gasteiger partial charge in [0.1, 0.15) is 0 Å². The highest BCUT2D eigenvalue weighted by Gasteiger charge is 2.15. The van der Waals surface area contributed by atoms with E-state index in [1.165, 1.54) is 31.4 Å². The molecule has 2 N–H and O–H groups in total. The molecule has 1 unspecified atom stereocenters. The lowest BCUT2D eigenvalue weighted by molar-refractivity contribution is 0.0603. The van der Waals surface area contributed by atoms with Gasteiger partial charge in [0.2, 0.25) is 10.0 Å². The van der Waals surface area contributed by atoms with Crippen LogP contribution in [0.2, 0.25) is 0 Å². The molecule has 0 aromatic heterocycles.